The van der Waals surface area contributed by atoms with Crippen molar-refractivity contribution in [3.63, 3.8) is 0 Å². The van der Waals surface area contributed by atoms with Crippen LogP contribution in [0.2, 0.25) is 5.02 Å². The number of aromatic hydroxyl groups is 1. The van der Waals surface area contributed by atoms with Gasteiger partial charge in [0, 0.05) is 11.8 Å². The van der Waals surface area contributed by atoms with Gasteiger partial charge in [-0.2, -0.15) is 0 Å². The lowest BCUT2D eigenvalue weighted by molar-refractivity contribution is 0.0625. The molecule has 24 heavy (non-hydrogen) atoms. The Morgan fingerprint density at radius 3 is 1.88 bits per heavy atom. The molecule has 1 aromatic carbocycles. The van der Waals surface area contributed by atoms with Gasteiger partial charge in [-0.05, 0) is 47.6 Å². The Hall–Kier alpha value is -2.15. The van der Waals surface area contributed by atoms with E-state index in [-0.39, 0.29) is 22.1 Å². The summed E-state index contributed by atoms with van der Waals surface area (Å²) in [6, 6.07) is 2.63. The van der Waals surface area contributed by atoms with Crippen LogP contribution in [0.5, 0.6) is 5.75 Å². The molecule has 0 aromatic heterocycles. The van der Waals surface area contributed by atoms with Crippen molar-refractivity contribution in [2.24, 2.45) is 0 Å². The van der Waals surface area contributed by atoms with Crippen LogP contribution in [-0.4, -0.2) is 28.5 Å². The fourth-order valence-corrected chi connectivity index (χ4v) is 1.76. The molecule has 0 aliphatic carbocycles. The topological polar surface area (TPSA) is 96.9 Å². The molecule has 0 atom stereocenters. The number of benzene rings is 1. The van der Waals surface area contributed by atoms with E-state index in [0.717, 1.165) is 0 Å². The van der Waals surface area contributed by atoms with Crippen LogP contribution in [0.15, 0.2) is 12.1 Å². The monoisotopic (exact) mass is 358 g/mol. The first-order valence-electron chi connectivity index (χ1n) is 7.29. The van der Waals surface area contributed by atoms with E-state index >= 15 is 0 Å². The van der Waals surface area contributed by atoms with Crippen LogP contribution in [0.1, 0.15) is 41.5 Å². The summed E-state index contributed by atoms with van der Waals surface area (Å²) in [5.74, 6) is -0.309. The molecule has 3 N–H and O–H groups in total. The molecule has 0 saturated carbocycles. The third-order valence-electron chi connectivity index (χ3n) is 2.33. The summed E-state index contributed by atoms with van der Waals surface area (Å²) >= 11 is 5.96. The second kappa shape index (κ2) is 7.17. The molecule has 0 bridgehead atoms. The zero-order valence-electron chi connectivity index (χ0n) is 14.6. The van der Waals surface area contributed by atoms with Crippen molar-refractivity contribution in [3.05, 3.63) is 17.2 Å². The highest BCUT2D eigenvalue weighted by atomic mass is 35.5. The van der Waals surface area contributed by atoms with Gasteiger partial charge in [0.25, 0.3) is 0 Å². The van der Waals surface area contributed by atoms with Gasteiger partial charge in [0.05, 0.1) is 5.69 Å². The Labute approximate surface area is 146 Å². The quantitative estimate of drug-likeness (QED) is 0.709. The number of hydrogen-bond donors (Lipinski definition) is 3. The minimum absolute atomic E-state index is 0.0735. The molecule has 0 spiro atoms. The smallest absolute Gasteiger partial charge is 0.412 e. The number of halogens is 1. The van der Waals surface area contributed by atoms with Crippen molar-refractivity contribution in [2.75, 3.05) is 10.6 Å². The normalized spacial score (nSPS) is 11.6. The number of phenols is 1. The van der Waals surface area contributed by atoms with Crippen LogP contribution in [0.25, 0.3) is 0 Å². The van der Waals surface area contributed by atoms with Crippen molar-refractivity contribution in [1.82, 2.24) is 0 Å². The second-order valence-electron chi connectivity index (χ2n) is 7.11. The summed E-state index contributed by atoms with van der Waals surface area (Å²) in [4.78, 5) is 23.6. The van der Waals surface area contributed by atoms with Crippen molar-refractivity contribution in [3.8, 4) is 5.75 Å². The highest BCUT2D eigenvalue weighted by Crippen LogP contribution is 2.35. The minimum atomic E-state index is -0.738. The van der Waals surface area contributed by atoms with Gasteiger partial charge in [0.2, 0.25) is 0 Å². The first-order valence-corrected chi connectivity index (χ1v) is 7.67. The molecule has 134 valence electrons. The SMILES string of the molecule is CC(C)(C)OC(=O)Nc1cc(O)c(Cl)c(NC(=O)OC(C)(C)C)c1. The maximum atomic E-state index is 11.8. The first-order chi connectivity index (χ1) is 10.8. The summed E-state index contributed by atoms with van der Waals surface area (Å²) in [7, 11) is 0. The summed E-state index contributed by atoms with van der Waals surface area (Å²) < 4.78 is 10.2. The zero-order valence-corrected chi connectivity index (χ0v) is 15.4. The Morgan fingerprint density at radius 2 is 1.42 bits per heavy atom. The van der Waals surface area contributed by atoms with Crippen LogP contribution in [-0.2, 0) is 9.47 Å². The van der Waals surface area contributed by atoms with Crippen LogP contribution in [0.4, 0.5) is 21.0 Å². The lowest BCUT2D eigenvalue weighted by Gasteiger charge is -2.21. The molecule has 2 amide bonds. The Balaban J connectivity index is 2.93. The Morgan fingerprint density at radius 1 is 0.958 bits per heavy atom. The van der Waals surface area contributed by atoms with E-state index in [4.69, 9.17) is 21.1 Å². The number of ether oxygens (including phenoxy) is 2. The molecule has 7 nitrogen and oxygen atoms in total. The number of carbonyl (C=O) groups excluding carboxylic acids is 2. The minimum Gasteiger partial charge on any atom is -0.506 e. The van der Waals surface area contributed by atoms with Gasteiger partial charge in [0.15, 0.2) is 0 Å². The van der Waals surface area contributed by atoms with Gasteiger partial charge in [0.1, 0.15) is 22.0 Å². The largest absolute Gasteiger partial charge is 0.506 e. The Bertz CT molecular complexity index is 633. The number of phenolic OH excluding ortho intramolecular Hbond substituents is 1. The number of nitrogens with one attached hydrogen (secondary N) is 2. The first kappa shape index (κ1) is 19.9. The molecule has 0 heterocycles. The van der Waals surface area contributed by atoms with E-state index in [0.29, 0.717) is 0 Å². The fourth-order valence-electron chi connectivity index (χ4n) is 1.61. The van der Waals surface area contributed by atoms with Crippen LogP contribution >= 0.6 is 11.6 Å². The van der Waals surface area contributed by atoms with Gasteiger partial charge in [-0.15, -0.1) is 0 Å². The molecule has 1 rings (SSSR count). The van der Waals surface area contributed by atoms with Crippen LogP contribution in [0, 0.1) is 0 Å². The molecule has 0 fully saturated rings. The van der Waals surface area contributed by atoms with Crippen molar-refractivity contribution in [1.29, 1.82) is 0 Å². The molecule has 0 saturated heterocycles. The fraction of sp³-hybridized carbons (Fsp3) is 0.500. The molecule has 1 aromatic rings. The van der Waals surface area contributed by atoms with E-state index in [1.807, 2.05) is 0 Å². The maximum Gasteiger partial charge on any atom is 0.412 e. The highest BCUT2D eigenvalue weighted by molar-refractivity contribution is 6.35. The van der Waals surface area contributed by atoms with Crippen LogP contribution in [0.3, 0.4) is 0 Å². The van der Waals surface area contributed by atoms with Gasteiger partial charge in [-0.3, -0.25) is 10.6 Å². The summed E-state index contributed by atoms with van der Waals surface area (Å²) in [5, 5.41) is 14.7. The second-order valence-corrected chi connectivity index (χ2v) is 7.49. The molecule has 0 aliphatic rings. The van der Waals surface area contributed by atoms with Gasteiger partial charge in [-0.1, -0.05) is 11.6 Å². The van der Waals surface area contributed by atoms with Gasteiger partial charge >= 0.3 is 12.2 Å². The molecule has 0 radical (unpaired) electrons. The van der Waals surface area contributed by atoms with Crippen LogP contribution < -0.4 is 10.6 Å². The van der Waals surface area contributed by atoms with Gasteiger partial charge < -0.3 is 14.6 Å². The van der Waals surface area contributed by atoms with E-state index < -0.39 is 23.4 Å². The number of hydrogen-bond acceptors (Lipinski definition) is 5. The van der Waals surface area contributed by atoms with E-state index in [2.05, 4.69) is 10.6 Å². The predicted octanol–water partition coefficient (Wildman–Crippen LogP) is 4.74. The number of anilines is 2. The number of rotatable bonds is 2. The number of amides is 2. The third kappa shape index (κ3) is 6.95. The lowest BCUT2D eigenvalue weighted by Crippen LogP contribution is -2.28. The summed E-state index contributed by atoms with van der Waals surface area (Å²) in [6.45, 7) is 10.3. The Kier molecular flexibility index (Phi) is 5.94. The zero-order chi connectivity index (χ0) is 18.7. The highest BCUT2D eigenvalue weighted by Gasteiger charge is 2.20. The van der Waals surface area contributed by atoms with E-state index in [9.17, 15) is 14.7 Å². The van der Waals surface area contributed by atoms with E-state index in [1.165, 1.54) is 12.1 Å². The maximum absolute atomic E-state index is 11.8. The van der Waals surface area contributed by atoms with E-state index in [1.54, 1.807) is 41.5 Å². The van der Waals surface area contributed by atoms with Crippen molar-refractivity contribution >= 4 is 35.2 Å². The molecular formula is C16H23ClN2O5. The molecule has 8 heteroatoms. The number of carbonyl (C=O) groups is 2. The molecular weight excluding hydrogens is 336 g/mol. The standard InChI is InChI=1S/C16H23ClN2O5/c1-15(2,3)23-13(21)18-9-7-10(12(17)11(20)8-9)19-14(22)24-16(4,5)6/h7-8,20H,1-6H3,(H,18,21)(H,19,22). The lowest BCUT2D eigenvalue weighted by atomic mass is 10.2. The average Bonchev–Trinajstić information content (AvgIpc) is 2.30. The molecule has 0 aliphatic heterocycles. The third-order valence-corrected chi connectivity index (χ3v) is 2.73. The summed E-state index contributed by atoms with van der Waals surface area (Å²) in [6.07, 6.45) is -1.44. The average molecular weight is 359 g/mol. The predicted molar refractivity (Wildman–Crippen MR) is 92.8 cm³/mol. The molecule has 0 unspecified atom stereocenters. The van der Waals surface area contributed by atoms with Gasteiger partial charge in [-0.25, -0.2) is 9.59 Å². The van der Waals surface area contributed by atoms with Crippen molar-refractivity contribution < 1.29 is 24.2 Å². The van der Waals surface area contributed by atoms with Crippen molar-refractivity contribution in [2.45, 2.75) is 52.7 Å². The summed E-state index contributed by atoms with van der Waals surface area (Å²) in [5.41, 5.74) is -1.06.